The lowest BCUT2D eigenvalue weighted by atomic mass is 9.83. The first-order chi connectivity index (χ1) is 5.52. The molecule has 0 aliphatic heterocycles. The van der Waals surface area contributed by atoms with E-state index in [1.807, 2.05) is 0 Å². The van der Waals surface area contributed by atoms with Crippen molar-refractivity contribution in [2.45, 2.75) is 46.0 Å². The van der Waals surface area contributed by atoms with E-state index < -0.39 is 0 Å². The van der Waals surface area contributed by atoms with Crippen LogP contribution in [0.3, 0.4) is 0 Å². The number of rotatable bonds is 3. The molecular weight excluding hydrogens is 148 g/mol. The van der Waals surface area contributed by atoms with E-state index >= 15 is 0 Å². The molecule has 1 nitrogen and oxygen atoms in total. The van der Waals surface area contributed by atoms with Crippen molar-refractivity contribution in [1.82, 2.24) is 0 Å². The number of carbonyl (C=O) groups is 1. The maximum absolute atomic E-state index is 11.1. The second-order valence-corrected chi connectivity index (χ2v) is 4.48. The molecule has 1 rings (SSSR count). The summed E-state index contributed by atoms with van der Waals surface area (Å²) < 4.78 is 0. The SMILES string of the molecule is C=C(C)CCC1(C)CCC(=O)C1. The van der Waals surface area contributed by atoms with Crippen LogP contribution in [0.5, 0.6) is 0 Å². The van der Waals surface area contributed by atoms with Crippen LogP contribution in [0.15, 0.2) is 12.2 Å². The zero-order chi connectivity index (χ0) is 9.19. The standard InChI is InChI=1S/C11H18O/c1-9(2)4-6-11(3)7-5-10(12)8-11/h1,4-8H2,2-3H3. The Morgan fingerprint density at radius 1 is 1.67 bits per heavy atom. The van der Waals surface area contributed by atoms with Gasteiger partial charge in [0, 0.05) is 12.8 Å². The molecule has 1 aliphatic rings. The van der Waals surface area contributed by atoms with Crippen molar-refractivity contribution < 1.29 is 4.79 Å². The van der Waals surface area contributed by atoms with Gasteiger partial charge in [-0.3, -0.25) is 4.79 Å². The highest BCUT2D eigenvalue weighted by Crippen LogP contribution is 2.39. The maximum Gasteiger partial charge on any atom is 0.133 e. The van der Waals surface area contributed by atoms with Gasteiger partial charge in [-0.15, -0.1) is 6.58 Å². The summed E-state index contributed by atoms with van der Waals surface area (Å²) in [7, 11) is 0. The van der Waals surface area contributed by atoms with Gasteiger partial charge in [-0.2, -0.15) is 0 Å². The summed E-state index contributed by atoms with van der Waals surface area (Å²) in [5.41, 5.74) is 1.52. The Kier molecular flexibility index (Phi) is 2.71. The third-order valence-electron chi connectivity index (χ3n) is 2.79. The molecule has 68 valence electrons. The third kappa shape index (κ3) is 2.47. The topological polar surface area (TPSA) is 17.1 Å². The van der Waals surface area contributed by atoms with Crippen LogP contribution in [-0.2, 0) is 4.79 Å². The minimum absolute atomic E-state index is 0.288. The van der Waals surface area contributed by atoms with Crippen LogP contribution in [-0.4, -0.2) is 5.78 Å². The molecule has 0 N–H and O–H groups in total. The lowest BCUT2D eigenvalue weighted by Crippen LogP contribution is -2.11. The Balaban J connectivity index is 2.40. The molecule has 1 fully saturated rings. The minimum Gasteiger partial charge on any atom is -0.300 e. The van der Waals surface area contributed by atoms with E-state index in [9.17, 15) is 4.79 Å². The molecule has 0 heterocycles. The molecule has 0 bridgehead atoms. The zero-order valence-electron chi connectivity index (χ0n) is 8.15. The second-order valence-electron chi connectivity index (χ2n) is 4.48. The fraction of sp³-hybridized carbons (Fsp3) is 0.727. The first kappa shape index (κ1) is 9.50. The highest BCUT2D eigenvalue weighted by molar-refractivity contribution is 5.81. The van der Waals surface area contributed by atoms with Gasteiger partial charge in [0.15, 0.2) is 0 Å². The summed E-state index contributed by atoms with van der Waals surface area (Å²) in [5.74, 6) is 0.444. The number of Topliss-reactive ketones (excluding diaryl/α,β-unsaturated/α-hetero) is 1. The van der Waals surface area contributed by atoms with Crippen LogP contribution in [0.25, 0.3) is 0 Å². The summed E-state index contributed by atoms with van der Waals surface area (Å²) in [6.07, 6.45) is 4.88. The smallest absolute Gasteiger partial charge is 0.133 e. The van der Waals surface area contributed by atoms with Crippen molar-refractivity contribution in [3.05, 3.63) is 12.2 Å². The molecular formula is C11H18O. The Bertz CT molecular complexity index is 205. The first-order valence-electron chi connectivity index (χ1n) is 4.68. The van der Waals surface area contributed by atoms with Gasteiger partial charge >= 0.3 is 0 Å². The van der Waals surface area contributed by atoms with Crippen LogP contribution in [0.2, 0.25) is 0 Å². The molecule has 12 heavy (non-hydrogen) atoms. The fourth-order valence-corrected chi connectivity index (χ4v) is 1.82. The first-order valence-corrected chi connectivity index (χ1v) is 4.68. The average Bonchev–Trinajstić information content (AvgIpc) is 2.29. The lowest BCUT2D eigenvalue weighted by molar-refractivity contribution is -0.118. The Labute approximate surface area is 74.9 Å². The molecule has 0 spiro atoms. The van der Waals surface area contributed by atoms with Crippen molar-refractivity contribution in [2.24, 2.45) is 5.41 Å². The van der Waals surface area contributed by atoms with Gasteiger partial charge in [-0.05, 0) is 31.6 Å². The number of hydrogen-bond acceptors (Lipinski definition) is 1. The van der Waals surface area contributed by atoms with Gasteiger partial charge in [-0.1, -0.05) is 12.5 Å². The Morgan fingerprint density at radius 3 is 2.75 bits per heavy atom. The molecule has 0 aromatic heterocycles. The molecule has 0 aromatic carbocycles. The van der Waals surface area contributed by atoms with Crippen LogP contribution in [0, 0.1) is 5.41 Å². The fourth-order valence-electron chi connectivity index (χ4n) is 1.82. The van der Waals surface area contributed by atoms with E-state index in [0.29, 0.717) is 5.78 Å². The van der Waals surface area contributed by atoms with E-state index in [1.54, 1.807) is 0 Å². The quantitative estimate of drug-likeness (QED) is 0.589. The molecule has 1 aliphatic carbocycles. The molecule has 1 saturated carbocycles. The van der Waals surface area contributed by atoms with Crippen molar-refractivity contribution in [3.63, 3.8) is 0 Å². The van der Waals surface area contributed by atoms with Gasteiger partial charge in [0.05, 0.1) is 0 Å². The van der Waals surface area contributed by atoms with E-state index in [2.05, 4.69) is 20.4 Å². The van der Waals surface area contributed by atoms with Crippen LogP contribution in [0.1, 0.15) is 46.0 Å². The zero-order valence-corrected chi connectivity index (χ0v) is 8.15. The van der Waals surface area contributed by atoms with Crippen molar-refractivity contribution in [2.75, 3.05) is 0 Å². The van der Waals surface area contributed by atoms with Crippen molar-refractivity contribution in [3.8, 4) is 0 Å². The van der Waals surface area contributed by atoms with Crippen LogP contribution >= 0.6 is 0 Å². The average molecular weight is 166 g/mol. The normalized spacial score (nSPS) is 29.3. The van der Waals surface area contributed by atoms with E-state index in [0.717, 1.165) is 32.1 Å². The van der Waals surface area contributed by atoms with E-state index in [-0.39, 0.29) is 5.41 Å². The molecule has 0 amide bonds. The van der Waals surface area contributed by atoms with Gasteiger partial charge in [-0.25, -0.2) is 0 Å². The summed E-state index contributed by atoms with van der Waals surface area (Å²) in [6, 6.07) is 0. The number of hydrogen-bond donors (Lipinski definition) is 0. The molecule has 0 aromatic rings. The molecule has 0 radical (unpaired) electrons. The summed E-state index contributed by atoms with van der Waals surface area (Å²) in [6.45, 7) is 8.16. The van der Waals surface area contributed by atoms with E-state index in [4.69, 9.17) is 0 Å². The van der Waals surface area contributed by atoms with E-state index in [1.165, 1.54) is 5.57 Å². The number of ketones is 1. The summed E-state index contributed by atoms with van der Waals surface area (Å²) >= 11 is 0. The van der Waals surface area contributed by atoms with Gasteiger partial charge < -0.3 is 0 Å². The van der Waals surface area contributed by atoms with Crippen LogP contribution < -0.4 is 0 Å². The van der Waals surface area contributed by atoms with Gasteiger partial charge in [0.2, 0.25) is 0 Å². The van der Waals surface area contributed by atoms with Crippen LogP contribution in [0.4, 0.5) is 0 Å². The molecule has 1 heteroatoms. The summed E-state index contributed by atoms with van der Waals surface area (Å²) in [4.78, 5) is 11.1. The minimum atomic E-state index is 0.288. The molecule has 1 unspecified atom stereocenters. The monoisotopic (exact) mass is 166 g/mol. The lowest BCUT2D eigenvalue weighted by Gasteiger charge is -2.21. The van der Waals surface area contributed by atoms with Crippen molar-refractivity contribution in [1.29, 1.82) is 0 Å². The molecule has 1 atom stereocenters. The van der Waals surface area contributed by atoms with Gasteiger partial charge in [0.25, 0.3) is 0 Å². The van der Waals surface area contributed by atoms with Gasteiger partial charge in [0.1, 0.15) is 5.78 Å². The van der Waals surface area contributed by atoms with Crippen molar-refractivity contribution >= 4 is 5.78 Å². The largest absolute Gasteiger partial charge is 0.300 e. The Hall–Kier alpha value is -0.590. The molecule has 0 saturated heterocycles. The Morgan fingerprint density at radius 2 is 2.33 bits per heavy atom. The number of allylic oxidation sites excluding steroid dienone is 1. The maximum atomic E-state index is 11.1. The third-order valence-corrected chi connectivity index (χ3v) is 2.79. The second kappa shape index (κ2) is 3.42. The summed E-state index contributed by atoms with van der Waals surface area (Å²) in [5, 5.41) is 0. The predicted molar refractivity (Wildman–Crippen MR) is 51.0 cm³/mol. The highest BCUT2D eigenvalue weighted by atomic mass is 16.1. The highest BCUT2D eigenvalue weighted by Gasteiger charge is 2.33. The predicted octanol–water partition coefficient (Wildman–Crippen LogP) is 3.10. The number of carbonyl (C=O) groups excluding carboxylic acids is 1.